The van der Waals surface area contributed by atoms with Crippen LogP contribution >= 0.6 is 0 Å². The molecular weight excluding hydrogens is 1200 g/mol. The monoisotopic (exact) mass is 1350 g/mol. The summed E-state index contributed by atoms with van der Waals surface area (Å²) in [6, 6.07) is 0. The van der Waals surface area contributed by atoms with Gasteiger partial charge in [0.15, 0.2) is 6.10 Å². The second-order valence-electron chi connectivity index (χ2n) is 27.6. The van der Waals surface area contributed by atoms with Crippen molar-refractivity contribution in [2.75, 3.05) is 47.5 Å². The van der Waals surface area contributed by atoms with Gasteiger partial charge in [0.05, 0.1) is 34.4 Å². The quantitative estimate of drug-likeness (QED) is 0.0211. The average molecular weight is 1350 g/mol. The number of carboxylic acids is 1. The Labute approximate surface area is 598 Å². The molecule has 0 aliphatic rings. The lowest BCUT2D eigenvalue weighted by atomic mass is 10.0. The second kappa shape index (κ2) is 76.9. The molecule has 1 N–H and O–H groups in total. The van der Waals surface area contributed by atoms with Gasteiger partial charge in [0.2, 0.25) is 0 Å². The van der Waals surface area contributed by atoms with Crippen molar-refractivity contribution in [2.45, 2.75) is 347 Å². The lowest BCUT2D eigenvalue weighted by Crippen LogP contribution is -2.40. The van der Waals surface area contributed by atoms with Crippen LogP contribution in [0.25, 0.3) is 0 Å². The maximum atomic E-state index is 13.0. The molecule has 0 aromatic carbocycles. The molecule has 0 radical (unpaired) electrons. The van der Waals surface area contributed by atoms with E-state index in [-0.39, 0.29) is 32.2 Å². The number of quaternary nitrogens is 1. The van der Waals surface area contributed by atoms with Crippen LogP contribution in [0.15, 0.2) is 146 Å². The van der Waals surface area contributed by atoms with Crippen LogP contribution in [0.5, 0.6) is 0 Å². The third-order valence-electron chi connectivity index (χ3n) is 17.1. The smallest absolute Gasteiger partial charge is 0.361 e. The van der Waals surface area contributed by atoms with E-state index in [9.17, 15) is 19.5 Å². The molecule has 0 spiro atoms. The summed E-state index contributed by atoms with van der Waals surface area (Å²) in [7, 11) is 5.98. The summed E-state index contributed by atoms with van der Waals surface area (Å²) in [4.78, 5) is 37.7. The summed E-state index contributed by atoms with van der Waals surface area (Å²) >= 11 is 0. The largest absolute Gasteiger partial charge is 0.477 e. The van der Waals surface area contributed by atoms with Crippen LogP contribution in [0, 0.1) is 0 Å². The molecule has 0 aliphatic heterocycles. The molecule has 0 aromatic rings. The minimum absolute atomic E-state index is 0.180. The number of carbonyl (C=O) groups excluding carboxylic acids is 2. The van der Waals surface area contributed by atoms with Crippen molar-refractivity contribution in [1.29, 1.82) is 0 Å². The lowest BCUT2D eigenvalue weighted by Gasteiger charge is -2.25. The first kappa shape index (κ1) is 92.2. The van der Waals surface area contributed by atoms with Crippen molar-refractivity contribution < 1.29 is 42.9 Å². The summed E-state index contributed by atoms with van der Waals surface area (Å²) in [5.74, 6) is -2.02. The molecule has 0 saturated heterocycles. The molecule has 97 heavy (non-hydrogen) atoms. The molecule has 0 aromatic heterocycles. The highest BCUT2D eigenvalue weighted by atomic mass is 16.7. The molecule has 2 unspecified atom stereocenters. The Bertz CT molecular complexity index is 2110. The highest BCUT2D eigenvalue weighted by molar-refractivity contribution is 5.71. The third-order valence-corrected chi connectivity index (χ3v) is 17.1. The Balaban J connectivity index is 4.12. The summed E-state index contributed by atoms with van der Waals surface area (Å²) in [6.45, 7) is 4.77. The first-order valence-electron chi connectivity index (χ1n) is 40.0. The number of carbonyl (C=O) groups is 3. The van der Waals surface area contributed by atoms with E-state index in [1.807, 2.05) is 21.1 Å². The van der Waals surface area contributed by atoms with Crippen LogP contribution in [-0.4, -0.2) is 87.4 Å². The van der Waals surface area contributed by atoms with Gasteiger partial charge in [0.25, 0.3) is 6.29 Å². The summed E-state index contributed by atoms with van der Waals surface area (Å²) in [6.07, 6.45) is 110. The van der Waals surface area contributed by atoms with Crippen molar-refractivity contribution in [3.63, 3.8) is 0 Å². The van der Waals surface area contributed by atoms with Gasteiger partial charge >= 0.3 is 17.9 Å². The van der Waals surface area contributed by atoms with Crippen LogP contribution in [0.1, 0.15) is 335 Å². The fourth-order valence-electron chi connectivity index (χ4n) is 11.0. The van der Waals surface area contributed by atoms with Gasteiger partial charge < -0.3 is 28.5 Å². The number of allylic oxidation sites excluding steroid dienone is 24. The van der Waals surface area contributed by atoms with Gasteiger partial charge in [-0.2, -0.15) is 0 Å². The molecule has 0 fully saturated rings. The van der Waals surface area contributed by atoms with Crippen molar-refractivity contribution in [2.24, 2.45) is 0 Å². The SMILES string of the molecule is CC/C=C\C/C=C\C/C=C\C/C=C\C/C=C\C/C=C\C/C=C\C/C=C\C/C=C\C/C=C\C/C=C\CCCCCCCCCC(=O)OC(COC(=O)CCCCCCCCCCCCCCCCCCCCC/C=C\CCCCCCCCCC)COC(OCC[N+](C)(C)C)C(=O)O. The normalized spacial score (nSPS) is 13.5. The Kier molecular flexibility index (Phi) is 73.1. The topological polar surface area (TPSA) is 108 Å². The predicted molar refractivity (Wildman–Crippen MR) is 419 cm³/mol. The summed E-state index contributed by atoms with van der Waals surface area (Å²) in [5, 5.41) is 9.77. The third kappa shape index (κ3) is 78.4. The van der Waals surface area contributed by atoms with E-state index in [1.54, 1.807) is 0 Å². The predicted octanol–water partition coefficient (Wildman–Crippen LogP) is 25.8. The van der Waals surface area contributed by atoms with Crippen molar-refractivity contribution in [3.8, 4) is 0 Å². The molecule has 0 bridgehead atoms. The Hall–Kier alpha value is -4.83. The van der Waals surface area contributed by atoms with Crippen LogP contribution in [-0.2, 0) is 33.3 Å². The molecule has 9 heteroatoms. The Morgan fingerprint density at radius 2 is 0.588 bits per heavy atom. The van der Waals surface area contributed by atoms with E-state index in [0.29, 0.717) is 23.9 Å². The standard InChI is InChI=1S/C88H149NO8/c1-6-8-10-12-14-16-18-20-22-24-26-28-30-32-34-36-38-39-40-41-42-43-44-45-46-47-49-51-53-55-57-59-61-63-65-67-69-71-73-75-77-79-86(91)97-84(83-96-88(87(92)93)94-81-80-89(3,4)5)82-95-85(90)78-76-74-72-70-68-66-64-62-60-58-56-54-52-50-48-37-35-33-31-29-27-25-23-21-19-17-15-13-11-9-7-2/h8,10,14,16,20,22,25-28,32,34,38-39,41-42,44-45,47,49,53,55,59,61,84,88H,6-7,9,11-13,15,17-19,21,23-24,29-31,33,35-37,40,43,46,48,50-52,54,56-58,60,62-83H2,1-5H3/p+1/b10-8-,16-14-,22-20-,27-25-,28-26-,34-32-,39-38-,42-41-,45-44-,49-47-,55-53-,61-59-. The molecule has 9 nitrogen and oxygen atoms in total. The number of esters is 2. The van der Waals surface area contributed by atoms with Crippen molar-refractivity contribution in [1.82, 2.24) is 0 Å². The number of unbranched alkanes of at least 4 members (excludes halogenated alkanes) is 34. The maximum Gasteiger partial charge on any atom is 0.361 e. The fourth-order valence-corrected chi connectivity index (χ4v) is 11.0. The molecule has 0 aliphatic carbocycles. The number of ether oxygens (including phenoxy) is 4. The number of rotatable bonds is 73. The van der Waals surface area contributed by atoms with Gasteiger partial charge in [-0.05, 0) is 122 Å². The van der Waals surface area contributed by atoms with Gasteiger partial charge in [-0.15, -0.1) is 0 Å². The van der Waals surface area contributed by atoms with E-state index in [4.69, 9.17) is 18.9 Å². The maximum absolute atomic E-state index is 13.0. The van der Waals surface area contributed by atoms with E-state index in [0.717, 1.165) is 116 Å². The first-order valence-corrected chi connectivity index (χ1v) is 40.0. The molecule has 0 saturated carbocycles. The Morgan fingerprint density at radius 3 is 0.887 bits per heavy atom. The zero-order valence-electron chi connectivity index (χ0n) is 63.4. The number of likely N-dealkylation sites (N-methyl/N-ethyl adjacent to an activating group) is 1. The first-order chi connectivity index (χ1) is 47.6. The zero-order valence-corrected chi connectivity index (χ0v) is 63.4. The zero-order chi connectivity index (χ0) is 70.4. The van der Waals surface area contributed by atoms with E-state index < -0.39 is 24.3 Å². The van der Waals surface area contributed by atoms with E-state index in [1.165, 1.54) is 186 Å². The minimum Gasteiger partial charge on any atom is -0.477 e. The fraction of sp³-hybridized carbons (Fsp3) is 0.693. The van der Waals surface area contributed by atoms with Crippen molar-refractivity contribution in [3.05, 3.63) is 146 Å². The van der Waals surface area contributed by atoms with Crippen LogP contribution in [0.2, 0.25) is 0 Å². The van der Waals surface area contributed by atoms with Crippen LogP contribution in [0.3, 0.4) is 0 Å². The van der Waals surface area contributed by atoms with E-state index >= 15 is 0 Å². The van der Waals surface area contributed by atoms with Gasteiger partial charge in [-0.25, -0.2) is 4.79 Å². The molecule has 0 heterocycles. The number of hydrogen-bond acceptors (Lipinski definition) is 7. The molecule has 554 valence electrons. The Morgan fingerprint density at radius 1 is 0.320 bits per heavy atom. The highest BCUT2D eigenvalue weighted by Crippen LogP contribution is 2.18. The van der Waals surface area contributed by atoms with Crippen molar-refractivity contribution >= 4 is 17.9 Å². The number of aliphatic carboxylic acids is 1. The summed E-state index contributed by atoms with van der Waals surface area (Å²) < 4.78 is 23.0. The summed E-state index contributed by atoms with van der Waals surface area (Å²) in [5.41, 5.74) is 0. The second-order valence-corrected chi connectivity index (χ2v) is 27.6. The number of hydrogen-bond donors (Lipinski definition) is 1. The van der Waals surface area contributed by atoms with Crippen LogP contribution in [0.4, 0.5) is 0 Å². The molecular formula is C88H150NO8+. The molecule has 2 atom stereocenters. The van der Waals surface area contributed by atoms with Crippen LogP contribution < -0.4 is 0 Å². The minimum atomic E-state index is -1.52. The van der Waals surface area contributed by atoms with Gasteiger partial charge in [-0.1, -0.05) is 346 Å². The lowest BCUT2D eigenvalue weighted by molar-refractivity contribution is -0.870. The number of carboxylic acid groups (broad SMARTS) is 1. The average Bonchev–Trinajstić information content (AvgIpc) is 3.27. The van der Waals surface area contributed by atoms with Gasteiger partial charge in [0, 0.05) is 12.8 Å². The molecule has 0 rings (SSSR count). The van der Waals surface area contributed by atoms with Gasteiger partial charge in [-0.3, -0.25) is 9.59 Å². The van der Waals surface area contributed by atoms with Gasteiger partial charge in [0.1, 0.15) is 13.2 Å². The highest BCUT2D eigenvalue weighted by Gasteiger charge is 2.25. The van der Waals surface area contributed by atoms with E-state index in [2.05, 4.69) is 160 Å². The molecule has 0 amide bonds. The number of nitrogens with zero attached hydrogens (tertiary/aromatic N) is 1.